The number of hydrogen-bond acceptors (Lipinski definition) is 4. The molecule has 2 aromatic rings. The van der Waals surface area contributed by atoms with Crippen molar-refractivity contribution in [1.82, 2.24) is 0 Å². The Morgan fingerprint density at radius 3 is 2.38 bits per heavy atom. The third kappa shape index (κ3) is 4.72. The maximum Gasteiger partial charge on any atom is 0.224 e. The first-order chi connectivity index (χ1) is 10.1. The van der Waals surface area contributed by atoms with Crippen LogP contribution in [0.2, 0.25) is 0 Å². The zero-order valence-corrected chi connectivity index (χ0v) is 13.6. The molecule has 0 aliphatic rings. The van der Waals surface area contributed by atoms with Gasteiger partial charge >= 0.3 is 0 Å². The van der Waals surface area contributed by atoms with Gasteiger partial charge in [0.05, 0.1) is 4.88 Å². The fourth-order valence-corrected chi connectivity index (χ4v) is 3.08. The molecule has 3 nitrogen and oxygen atoms in total. The Kier molecular flexibility index (Phi) is 5.59. The minimum absolute atomic E-state index is 0.0287. The normalized spacial score (nSPS) is 10.4. The molecule has 0 unspecified atom stereocenters. The smallest absolute Gasteiger partial charge is 0.224 e. The van der Waals surface area contributed by atoms with Crippen molar-refractivity contribution in [2.45, 2.75) is 24.7 Å². The first kappa shape index (κ1) is 15.8. The zero-order valence-electron chi connectivity index (χ0n) is 12.0. The summed E-state index contributed by atoms with van der Waals surface area (Å²) in [6, 6.07) is 11.4. The molecule has 1 N–H and O–H groups in total. The van der Waals surface area contributed by atoms with Crippen LogP contribution in [0, 0.1) is 6.92 Å². The Balaban J connectivity index is 1.82. The van der Waals surface area contributed by atoms with Gasteiger partial charge in [0, 0.05) is 28.3 Å². The van der Waals surface area contributed by atoms with Crippen molar-refractivity contribution in [2.24, 2.45) is 0 Å². The van der Waals surface area contributed by atoms with Crippen molar-refractivity contribution in [3.63, 3.8) is 0 Å². The lowest BCUT2D eigenvalue weighted by molar-refractivity contribution is -0.116. The Hall–Kier alpha value is -1.59. The van der Waals surface area contributed by atoms with Gasteiger partial charge in [0.2, 0.25) is 5.91 Å². The predicted molar refractivity (Wildman–Crippen MR) is 89.5 cm³/mol. The summed E-state index contributed by atoms with van der Waals surface area (Å²) in [4.78, 5) is 26.8. The number of benzene rings is 1. The van der Waals surface area contributed by atoms with Crippen LogP contribution in [-0.4, -0.2) is 17.9 Å². The van der Waals surface area contributed by atoms with Crippen LogP contribution in [0.3, 0.4) is 0 Å². The lowest BCUT2D eigenvalue weighted by atomic mass is 10.2. The molecule has 0 aliphatic heterocycles. The van der Waals surface area contributed by atoms with Gasteiger partial charge in [-0.1, -0.05) is 0 Å². The first-order valence-electron chi connectivity index (χ1n) is 6.62. The highest BCUT2D eigenvalue weighted by Gasteiger charge is 2.11. The fraction of sp³-hybridized carbons (Fsp3) is 0.250. The minimum atomic E-state index is -0.131. The molecule has 1 heterocycles. The number of aryl methyl sites for hydroxylation is 1. The monoisotopic (exact) mass is 319 g/mol. The Labute approximate surface area is 132 Å². The van der Waals surface area contributed by atoms with Crippen molar-refractivity contribution >= 4 is 40.5 Å². The molecule has 0 fully saturated rings. The Morgan fingerprint density at radius 1 is 1.10 bits per heavy atom. The SMILES string of the molecule is CSc1ccc(NC(=O)CCC(=O)c2ccc(C)s2)cc1. The molecule has 0 atom stereocenters. The lowest BCUT2D eigenvalue weighted by Gasteiger charge is -2.05. The van der Waals surface area contributed by atoms with Crippen LogP contribution in [0.4, 0.5) is 5.69 Å². The van der Waals surface area contributed by atoms with Gasteiger partial charge in [-0.25, -0.2) is 0 Å². The van der Waals surface area contributed by atoms with Crippen LogP contribution in [0.25, 0.3) is 0 Å². The first-order valence-corrected chi connectivity index (χ1v) is 8.66. The number of Topliss-reactive ketones (excluding diaryl/α,β-unsaturated/α-hetero) is 1. The molecular formula is C16H17NO2S2. The van der Waals surface area contributed by atoms with Crippen LogP contribution in [0.1, 0.15) is 27.4 Å². The van der Waals surface area contributed by atoms with Gasteiger partial charge in [-0.05, 0) is 49.6 Å². The number of amides is 1. The second-order valence-electron chi connectivity index (χ2n) is 4.61. The molecule has 0 saturated heterocycles. The van der Waals surface area contributed by atoms with E-state index in [4.69, 9.17) is 0 Å². The summed E-state index contributed by atoms with van der Waals surface area (Å²) in [5.41, 5.74) is 0.761. The average molecular weight is 319 g/mol. The van der Waals surface area contributed by atoms with Crippen LogP contribution in [0.15, 0.2) is 41.3 Å². The van der Waals surface area contributed by atoms with Crippen LogP contribution >= 0.6 is 23.1 Å². The van der Waals surface area contributed by atoms with Crippen LogP contribution < -0.4 is 5.32 Å². The number of anilines is 1. The molecule has 5 heteroatoms. The highest BCUT2D eigenvalue weighted by molar-refractivity contribution is 7.98. The second kappa shape index (κ2) is 7.43. The lowest BCUT2D eigenvalue weighted by Crippen LogP contribution is -2.13. The van der Waals surface area contributed by atoms with Crippen molar-refractivity contribution in [1.29, 1.82) is 0 Å². The molecule has 0 radical (unpaired) electrons. The minimum Gasteiger partial charge on any atom is -0.326 e. The summed E-state index contributed by atoms with van der Waals surface area (Å²) < 4.78 is 0. The molecule has 0 bridgehead atoms. The van der Waals surface area contributed by atoms with E-state index in [9.17, 15) is 9.59 Å². The number of thiophene rings is 1. The van der Waals surface area contributed by atoms with Gasteiger partial charge in [0.25, 0.3) is 0 Å². The second-order valence-corrected chi connectivity index (χ2v) is 6.78. The fourth-order valence-electron chi connectivity index (χ4n) is 1.83. The number of thioether (sulfide) groups is 1. The summed E-state index contributed by atoms with van der Waals surface area (Å²) in [6.07, 6.45) is 2.46. The summed E-state index contributed by atoms with van der Waals surface area (Å²) in [6.45, 7) is 1.96. The number of carbonyl (C=O) groups is 2. The molecule has 2 rings (SSSR count). The van der Waals surface area contributed by atoms with Crippen molar-refractivity contribution in [3.8, 4) is 0 Å². The molecular weight excluding hydrogens is 302 g/mol. The standard InChI is InChI=1S/C16H17NO2S2/c1-11-3-9-15(21-11)14(18)8-10-16(19)17-12-4-6-13(20-2)7-5-12/h3-7,9H,8,10H2,1-2H3,(H,17,19). The van der Waals surface area contributed by atoms with E-state index in [0.717, 1.165) is 20.3 Å². The van der Waals surface area contributed by atoms with E-state index >= 15 is 0 Å². The van der Waals surface area contributed by atoms with E-state index in [1.165, 1.54) is 11.3 Å². The summed E-state index contributed by atoms with van der Waals surface area (Å²) in [5.74, 6) is -0.102. The third-order valence-electron chi connectivity index (χ3n) is 2.97. The summed E-state index contributed by atoms with van der Waals surface area (Å²) >= 11 is 3.13. The van der Waals surface area contributed by atoms with Gasteiger partial charge in [-0.15, -0.1) is 23.1 Å². The average Bonchev–Trinajstić information content (AvgIpc) is 2.92. The number of ketones is 1. The van der Waals surface area contributed by atoms with Gasteiger partial charge < -0.3 is 5.32 Å². The van der Waals surface area contributed by atoms with Gasteiger partial charge in [-0.2, -0.15) is 0 Å². The highest BCUT2D eigenvalue weighted by Crippen LogP contribution is 2.19. The van der Waals surface area contributed by atoms with Crippen LogP contribution in [0.5, 0.6) is 0 Å². The summed E-state index contributed by atoms with van der Waals surface area (Å²) in [7, 11) is 0. The quantitative estimate of drug-likeness (QED) is 0.635. The van der Waals surface area contributed by atoms with E-state index in [2.05, 4.69) is 5.32 Å². The molecule has 21 heavy (non-hydrogen) atoms. The molecule has 110 valence electrons. The Morgan fingerprint density at radius 2 is 1.81 bits per heavy atom. The largest absolute Gasteiger partial charge is 0.326 e. The Bertz CT molecular complexity index is 632. The van der Waals surface area contributed by atoms with Crippen molar-refractivity contribution in [3.05, 3.63) is 46.2 Å². The van der Waals surface area contributed by atoms with E-state index in [0.29, 0.717) is 0 Å². The molecule has 0 aliphatic carbocycles. The number of rotatable bonds is 6. The molecule has 1 aromatic carbocycles. The van der Waals surface area contributed by atoms with E-state index in [1.54, 1.807) is 11.8 Å². The summed E-state index contributed by atoms with van der Waals surface area (Å²) in [5, 5.41) is 2.81. The van der Waals surface area contributed by atoms with E-state index in [-0.39, 0.29) is 24.5 Å². The maximum absolute atomic E-state index is 11.9. The molecule has 1 amide bonds. The molecule has 0 spiro atoms. The zero-order chi connectivity index (χ0) is 15.2. The van der Waals surface area contributed by atoms with E-state index < -0.39 is 0 Å². The molecule has 0 saturated carbocycles. The van der Waals surface area contributed by atoms with Gasteiger partial charge in [0.1, 0.15) is 0 Å². The number of carbonyl (C=O) groups excluding carboxylic acids is 2. The van der Waals surface area contributed by atoms with Gasteiger partial charge in [-0.3, -0.25) is 9.59 Å². The topological polar surface area (TPSA) is 46.2 Å². The molecule has 1 aromatic heterocycles. The van der Waals surface area contributed by atoms with E-state index in [1.807, 2.05) is 49.6 Å². The van der Waals surface area contributed by atoms with Crippen molar-refractivity contribution < 1.29 is 9.59 Å². The van der Waals surface area contributed by atoms with Crippen molar-refractivity contribution in [2.75, 3.05) is 11.6 Å². The predicted octanol–water partition coefficient (Wildman–Crippen LogP) is 4.38. The highest BCUT2D eigenvalue weighted by atomic mass is 32.2. The maximum atomic E-state index is 11.9. The number of hydrogen-bond donors (Lipinski definition) is 1. The van der Waals surface area contributed by atoms with Crippen LogP contribution in [-0.2, 0) is 4.79 Å². The number of nitrogens with one attached hydrogen (secondary N) is 1. The van der Waals surface area contributed by atoms with Gasteiger partial charge in [0.15, 0.2) is 5.78 Å². The third-order valence-corrected chi connectivity index (χ3v) is 4.75.